The second-order valence-corrected chi connectivity index (χ2v) is 3.67. The Morgan fingerprint density at radius 3 is 2.50 bits per heavy atom. The van der Waals surface area contributed by atoms with Crippen molar-refractivity contribution >= 4 is 6.29 Å². The van der Waals surface area contributed by atoms with E-state index in [1.165, 1.54) is 18.4 Å². The zero-order chi connectivity index (χ0) is 9.40. The molecule has 0 saturated heterocycles. The predicted octanol–water partition coefficient (Wildman–Crippen LogP) is 3.35. The summed E-state index contributed by atoms with van der Waals surface area (Å²) in [5.41, 5.74) is 1.39. The van der Waals surface area contributed by atoms with Gasteiger partial charge in [-0.25, -0.2) is 0 Å². The van der Waals surface area contributed by atoms with Crippen LogP contribution in [0.2, 0.25) is 0 Å². The molecule has 0 fully saturated rings. The summed E-state index contributed by atoms with van der Waals surface area (Å²) in [5, 5.41) is 0. The first-order valence-corrected chi connectivity index (χ1v) is 4.75. The number of aldehydes is 1. The summed E-state index contributed by atoms with van der Waals surface area (Å²) in [5.74, 6) is 0.668. The molecule has 0 aromatic rings. The smallest absolute Gasteiger partial charge is 0.119 e. The van der Waals surface area contributed by atoms with Crippen molar-refractivity contribution < 1.29 is 4.79 Å². The van der Waals surface area contributed by atoms with Gasteiger partial charge in [0.15, 0.2) is 0 Å². The van der Waals surface area contributed by atoms with Gasteiger partial charge in [0.25, 0.3) is 0 Å². The molecule has 0 unspecified atom stereocenters. The van der Waals surface area contributed by atoms with Crippen molar-refractivity contribution in [2.45, 2.75) is 46.5 Å². The molecule has 0 aliphatic heterocycles. The van der Waals surface area contributed by atoms with Crippen LogP contribution in [0.4, 0.5) is 0 Å². The minimum Gasteiger partial charge on any atom is -0.303 e. The first kappa shape index (κ1) is 11.4. The maximum Gasteiger partial charge on any atom is 0.119 e. The van der Waals surface area contributed by atoms with Gasteiger partial charge in [-0.2, -0.15) is 0 Å². The molecule has 12 heavy (non-hydrogen) atoms. The van der Waals surface area contributed by atoms with Gasteiger partial charge in [-0.3, -0.25) is 0 Å². The molecule has 0 N–H and O–H groups in total. The van der Waals surface area contributed by atoms with Gasteiger partial charge in [0.05, 0.1) is 0 Å². The van der Waals surface area contributed by atoms with Crippen molar-refractivity contribution in [1.82, 2.24) is 0 Å². The van der Waals surface area contributed by atoms with E-state index in [9.17, 15) is 4.79 Å². The topological polar surface area (TPSA) is 17.1 Å². The maximum atomic E-state index is 10.0. The van der Waals surface area contributed by atoms with E-state index >= 15 is 0 Å². The Labute approximate surface area is 75.9 Å². The normalized spacial score (nSPS) is 12.2. The summed E-state index contributed by atoms with van der Waals surface area (Å²) in [6.07, 6.45) is 7.45. The maximum absolute atomic E-state index is 10.0. The summed E-state index contributed by atoms with van der Waals surface area (Å²) in [6.45, 7) is 6.48. The average Bonchev–Trinajstić information content (AvgIpc) is 1.97. The number of unbranched alkanes of at least 4 members (excludes halogenated alkanes) is 2. The Kier molecular flexibility index (Phi) is 6.73. The van der Waals surface area contributed by atoms with Crippen LogP contribution < -0.4 is 0 Å². The molecule has 0 rings (SSSR count). The first-order valence-electron chi connectivity index (χ1n) is 4.75. The third-order valence-corrected chi connectivity index (χ3v) is 1.85. The highest BCUT2D eigenvalue weighted by molar-refractivity contribution is 5.48. The van der Waals surface area contributed by atoms with Gasteiger partial charge in [-0.15, -0.1) is 0 Å². The second-order valence-electron chi connectivity index (χ2n) is 3.67. The minimum absolute atomic E-state index is 0.668. The van der Waals surface area contributed by atoms with E-state index in [0.29, 0.717) is 5.92 Å². The van der Waals surface area contributed by atoms with Gasteiger partial charge >= 0.3 is 0 Å². The zero-order valence-electron chi connectivity index (χ0n) is 8.47. The molecule has 0 aliphatic rings. The summed E-state index contributed by atoms with van der Waals surface area (Å²) >= 11 is 0. The lowest BCUT2D eigenvalue weighted by atomic mass is 10.0. The Balaban J connectivity index is 3.37. The van der Waals surface area contributed by atoms with Gasteiger partial charge in [-0.1, -0.05) is 25.0 Å². The van der Waals surface area contributed by atoms with Crippen LogP contribution in [0.25, 0.3) is 0 Å². The highest BCUT2D eigenvalue weighted by atomic mass is 16.1. The fraction of sp³-hybridized carbons (Fsp3) is 0.727. The Hall–Kier alpha value is -0.590. The van der Waals surface area contributed by atoms with Crippen LogP contribution in [0.15, 0.2) is 11.6 Å². The fourth-order valence-corrected chi connectivity index (χ4v) is 1.35. The van der Waals surface area contributed by atoms with E-state index in [1.54, 1.807) is 0 Å². The summed E-state index contributed by atoms with van der Waals surface area (Å²) < 4.78 is 0. The molecule has 0 bridgehead atoms. The first-order chi connectivity index (χ1) is 5.66. The van der Waals surface area contributed by atoms with E-state index < -0.39 is 0 Å². The zero-order valence-corrected chi connectivity index (χ0v) is 8.47. The molecule has 0 spiro atoms. The predicted molar refractivity (Wildman–Crippen MR) is 53.1 cm³/mol. The molecular formula is C11H20O. The lowest BCUT2D eigenvalue weighted by Gasteiger charge is -2.05. The van der Waals surface area contributed by atoms with Crippen molar-refractivity contribution in [2.75, 3.05) is 0 Å². The molecule has 1 heteroatoms. The molecule has 0 heterocycles. The minimum atomic E-state index is 0.668. The third-order valence-electron chi connectivity index (χ3n) is 1.85. The van der Waals surface area contributed by atoms with Crippen molar-refractivity contribution in [3.05, 3.63) is 11.6 Å². The van der Waals surface area contributed by atoms with Gasteiger partial charge in [0.2, 0.25) is 0 Å². The van der Waals surface area contributed by atoms with Gasteiger partial charge in [0, 0.05) is 6.42 Å². The molecular weight excluding hydrogens is 148 g/mol. The average molecular weight is 168 g/mol. The number of allylic oxidation sites excluding steroid dienone is 2. The molecule has 70 valence electrons. The third kappa shape index (κ3) is 7.52. The molecule has 0 aromatic heterocycles. The second kappa shape index (κ2) is 7.08. The van der Waals surface area contributed by atoms with Gasteiger partial charge in [-0.05, 0) is 32.6 Å². The van der Waals surface area contributed by atoms with Crippen molar-refractivity contribution in [1.29, 1.82) is 0 Å². The van der Waals surface area contributed by atoms with Crippen LogP contribution >= 0.6 is 0 Å². The quantitative estimate of drug-likeness (QED) is 0.338. The standard InChI is InChI=1S/C11H20O/c1-10(2)9-11(3)7-5-4-6-8-12/h8-9,11H,4-7H2,1-3H3/t11-/m1/s1. The number of hydrogen-bond donors (Lipinski definition) is 0. The largest absolute Gasteiger partial charge is 0.303 e. The SMILES string of the molecule is CC(C)=C[C@H](C)CCCCC=O. The monoisotopic (exact) mass is 168 g/mol. The molecule has 0 saturated carbocycles. The number of carbonyl (C=O) groups excluding carboxylic acids is 1. The van der Waals surface area contributed by atoms with Crippen molar-refractivity contribution in [2.24, 2.45) is 5.92 Å². The van der Waals surface area contributed by atoms with Crippen LogP contribution in [0.1, 0.15) is 46.5 Å². The molecule has 0 radical (unpaired) electrons. The Morgan fingerprint density at radius 2 is 2.00 bits per heavy atom. The molecule has 1 atom stereocenters. The number of rotatable bonds is 6. The van der Waals surface area contributed by atoms with Crippen LogP contribution in [0.5, 0.6) is 0 Å². The lowest BCUT2D eigenvalue weighted by molar-refractivity contribution is -0.107. The van der Waals surface area contributed by atoms with E-state index in [4.69, 9.17) is 0 Å². The number of carbonyl (C=O) groups is 1. The van der Waals surface area contributed by atoms with Gasteiger partial charge < -0.3 is 4.79 Å². The van der Waals surface area contributed by atoms with Crippen LogP contribution in [0, 0.1) is 5.92 Å². The highest BCUT2D eigenvalue weighted by Crippen LogP contribution is 2.11. The molecule has 0 aliphatic carbocycles. The summed E-state index contributed by atoms with van der Waals surface area (Å²) in [4.78, 5) is 10.0. The number of hydrogen-bond acceptors (Lipinski definition) is 1. The van der Waals surface area contributed by atoms with Crippen LogP contribution in [-0.4, -0.2) is 6.29 Å². The lowest BCUT2D eigenvalue weighted by Crippen LogP contribution is -1.90. The van der Waals surface area contributed by atoms with Gasteiger partial charge in [0.1, 0.15) is 6.29 Å². The van der Waals surface area contributed by atoms with Crippen LogP contribution in [-0.2, 0) is 4.79 Å². The highest BCUT2D eigenvalue weighted by Gasteiger charge is 1.96. The Bertz CT molecular complexity index is 143. The fourth-order valence-electron chi connectivity index (χ4n) is 1.35. The van der Waals surface area contributed by atoms with E-state index in [2.05, 4.69) is 26.8 Å². The summed E-state index contributed by atoms with van der Waals surface area (Å²) in [7, 11) is 0. The van der Waals surface area contributed by atoms with E-state index in [1.807, 2.05) is 0 Å². The van der Waals surface area contributed by atoms with Crippen LogP contribution in [0.3, 0.4) is 0 Å². The van der Waals surface area contributed by atoms with Crippen molar-refractivity contribution in [3.8, 4) is 0 Å². The van der Waals surface area contributed by atoms with Crippen molar-refractivity contribution in [3.63, 3.8) is 0 Å². The molecule has 0 amide bonds. The Morgan fingerprint density at radius 1 is 1.33 bits per heavy atom. The molecule has 1 nitrogen and oxygen atoms in total. The van der Waals surface area contributed by atoms with E-state index in [0.717, 1.165) is 19.1 Å². The summed E-state index contributed by atoms with van der Waals surface area (Å²) in [6, 6.07) is 0. The van der Waals surface area contributed by atoms with E-state index in [-0.39, 0.29) is 0 Å². The molecule has 0 aromatic carbocycles.